The number of hydrogen-bond acceptors (Lipinski definition) is 3. The van der Waals surface area contributed by atoms with Crippen LogP contribution >= 0.6 is 11.6 Å². The van der Waals surface area contributed by atoms with Crippen molar-refractivity contribution in [3.63, 3.8) is 0 Å². The molecule has 0 bridgehead atoms. The first kappa shape index (κ1) is 10.7. The number of nitrogens with two attached hydrogens (primary N) is 1. The van der Waals surface area contributed by atoms with Crippen LogP contribution in [0.25, 0.3) is 10.9 Å². The van der Waals surface area contributed by atoms with Crippen LogP contribution in [0.2, 0.25) is 5.02 Å². The number of hydrogen-bond donors (Lipinski definition) is 1. The van der Waals surface area contributed by atoms with Gasteiger partial charge in [-0.15, -0.1) is 0 Å². The zero-order chi connectivity index (χ0) is 11.7. The highest BCUT2D eigenvalue weighted by molar-refractivity contribution is 6.35. The maximum absolute atomic E-state index is 10.8. The molecule has 0 spiro atoms. The molecule has 0 aliphatic rings. The zero-order valence-corrected chi connectivity index (χ0v) is 9.28. The van der Waals surface area contributed by atoms with Crippen molar-refractivity contribution in [3.8, 4) is 5.75 Å². The minimum Gasteiger partial charge on any atom is -0.408 e. The highest BCUT2D eigenvalue weighted by Gasteiger charge is 2.12. The van der Waals surface area contributed by atoms with Crippen molar-refractivity contribution in [2.75, 3.05) is 0 Å². The largest absolute Gasteiger partial charge is 0.410 e. The molecule has 4 nitrogen and oxygen atoms in total. The fourth-order valence-corrected chi connectivity index (χ4v) is 1.84. The number of halogens is 1. The van der Waals surface area contributed by atoms with Crippen molar-refractivity contribution < 1.29 is 9.53 Å². The lowest BCUT2D eigenvalue weighted by Crippen LogP contribution is -2.17. The minimum atomic E-state index is -0.864. The summed E-state index contributed by atoms with van der Waals surface area (Å²) < 4.78 is 4.93. The number of carbonyl (C=O) groups is 1. The van der Waals surface area contributed by atoms with Crippen LogP contribution < -0.4 is 10.5 Å². The molecule has 16 heavy (non-hydrogen) atoms. The van der Waals surface area contributed by atoms with Gasteiger partial charge in [-0.25, -0.2) is 4.79 Å². The van der Waals surface area contributed by atoms with Gasteiger partial charge in [0.1, 0.15) is 5.52 Å². The highest BCUT2D eigenvalue weighted by atomic mass is 35.5. The molecule has 1 aromatic heterocycles. The summed E-state index contributed by atoms with van der Waals surface area (Å²) in [6, 6.07) is 5.28. The number of fused-ring (bicyclic) bond motifs is 1. The third-order valence-electron chi connectivity index (χ3n) is 2.18. The smallest absolute Gasteiger partial charge is 0.408 e. The maximum atomic E-state index is 10.8. The first-order valence-corrected chi connectivity index (χ1v) is 4.98. The Kier molecular flexibility index (Phi) is 2.66. The molecule has 2 aromatic rings. The van der Waals surface area contributed by atoms with E-state index in [1.165, 1.54) is 0 Å². The number of pyridine rings is 1. The fourth-order valence-electron chi connectivity index (χ4n) is 1.53. The number of nitrogens with zero attached hydrogens (tertiary/aromatic N) is 1. The number of amides is 1. The SMILES string of the molecule is Cc1cc(Cl)c2cccnc2c1OC(N)=O. The molecule has 1 heterocycles. The summed E-state index contributed by atoms with van der Waals surface area (Å²) in [5, 5.41) is 1.29. The number of aromatic nitrogens is 1. The van der Waals surface area contributed by atoms with E-state index in [0.29, 0.717) is 16.3 Å². The molecular formula is C11H9ClN2O2. The molecule has 0 saturated carbocycles. The number of aryl methyl sites for hydroxylation is 1. The van der Waals surface area contributed by atoms with Crippen molar-refractivity contribution >= 4 is 28.6 Å². The summed E-state index contributed by atoms with van der Waals surface area (Å²) in [7, 11) is 0. The molecule has 0 atom stereocenters. The lowest BCUT2D eigenvalue weighted by atomic mass is 10.1. The summed E-state index contributed by atoms with van der Waals surface area (Å²) in [6.07, 6.45) is 0.740. The molecule has 0 radical (unpaired) electrons. The Morgan fingerprint density at radius 2 is 2.31 bits per heavy atom. The van der Waals surface area contributed by atoms with E-state index < -0.39 is 6.09 Å². The molecule has 0 saturated heterocycles. The van der Waals surface area contributed by atoms with Gasteiger partial charge in [0.15, 0.2) is 5.75 Å². The van der Waals surface area contributed by atoms with Gasteiger partial charge in [-0.3, -0.25) is 4.98 Å². The van der Waals surface area contributed by atoms with Crippen molar-refractivity contribution in [1.29, 1.82) is 0 Å². The molecule has 1 amide bonds. The van der Waals surface area contributed by atoms with Gasteiger partial charge in [-0.05, 0) is 30.7 Å². The first-order valence-electron chi connectivity index (χ1n) is 4.60. The Labute approximate surface area is 97.0 Å². The van der Waals surface area contributed by atoms with E-state index in [9.17, 15) is 4.79 Å². The van der Waals surface area contributed by atoms with E-state index in [1.54, 1.807) is 31.3 Å². The summed E-state index contributed by atoms with van der Waals surface area (Å²) >= 11 is 6.06. The number of rotatable bonds is 1. The second-order valence-corrected chi connectivity index (χ2v) is 3.73. The van der Waals surface area contributed by atoms with Crippen LogP contribution in [0.1, 0.15) is 5.56 Å². The van der Waals surface area contributed by atoms with Crippen LogP contribution in [0, 0.1) is 6.92 Å². The lowest BCUT2D eigenvalue weighted by Gasteiger charge is -2.09. The van der Waals surface area contributed by atoms with Crippen LogP contribution in [-0.4, -0.2) is 11.1 Å². The van der Waals surface area contributed by atoms with Gasteiger partial charge in [-0.1, -0.05) is 11.6 Å². The van der Waals surface area contributed by atoms with Gasteiger partial charge in [-0.2, -0.15) is 0 Å². The van der Waals surface area contributed by atoms with E-state index in [4.69, 9.17) is 22.1 Å². The van der Waals surface area contributed by atoms with Crippen LogP contribution in [0.5, 0.6) is 5.75 Å². The molecule has 0 unspecified atom stereocenters. The molecule has 0 fully saturated rings. The molecular weight excluding hydrogens is 228 g/mol. The average molecular weight is 237 g/mol. The molecule has 2 rings (SSSR count). The van der Waals surface area contributed by atoms with E-state index in [0.717, 1.165) is 10.9 Å². The Balaban J connectivity index is 2.76. The molecule has 0 aliphatic carbocycles. The fraction of sp³-hybridized carbons (Fsp3) is 0.0909. The van der Waals surface area contributed by atoms with E-state index >= 15 is 0 Å². The number of ether oxygens (including phenoxy) is 1. The van der Waals surface area contributed by atoms with Crippen molar-refractivity contribution in [1.82, 2.24) is 4.98 Å². The van der Waals surface area contributed by atoms with Crippen molar-refractivity contribution in [2.45, 2.75) is 6.92 Å². The third kappa shape index (κ3) is 1.79. The van der Waals surface area contributed by atoms with Gasteiger partial charge in [0.05, 0.1) is 5.02 Å². The predicted molar refractivity (Wildman–Crippen MR) is 61.7 cm³/mol. The third-order valence-corrected chi connectivity index (χ3v) is 2.50. The quantitative estimate of drug-likeness (QED) is 0.828. The first-order chi connectivity index (χ1) is 7.59. The van der Waals surface area contributed by atoms with E-state index in [-0.39, 0.29) is 0 Å². The molecule has 0 aliphatic heterocycles. The zero-order valence-electron chi connectivity index (χ0n) is 8.53. The summed E-state index contributed by atoms with van der Waals surface area (Å²) in [5.41, 5.74) is 6.25. The lowest BCUT2D eigenvalue weighted by molar-refractivity contribution is 0.211. The van der Waals surface area contributed by atoms with E-state index in [1.807, 2.05) is 0 Å². The normalized spacial score (nSPS) is 10.4. The summed E-state index contributed by atoms with van der Waals surface area (Å²) in [4.78, 5) is 14.9. The van der Waals surface area contributed by atoms with Crippen LogP contribution in [0.4, 0.5) is 4.79 Å². The van der Waals surface area contributed by atoms with Gasteiger partial charge in [0, 0.05) is 11.6 Å². The van der Waals surface area contributed by atoms with Gasteiger partial charge in [0.2, 0.25) is 0 Å². The van der Waals surface area contributed by atoms with E-state index in [2.05, 4.69) is 4.98 Å². The van der Waals surface area contributed by atoms with Crippen molar-refractivity contribution in [3.05, 3.63) is 35.0 Å². The number of carbonyl (C=O) groups excluding carboxylic acids is 1. The van der Waals surface area contributed by atoms with Gasteiger partial charge >= 0.3 is 6.09 Å². The highest BCUT2D eigenvalue weighted by Crippen LogP contribution is 2.33. The summed E-state index contributed by atoms with van der Waals surface area (Å²) in [6.45, 7) is 1.78. The van der Waals surface area contributed by atoms with Gasteiger partial charge in [0.25, 0.3) is 0 Å². The van der Waals surface area contributed by atoms with Crippen molar-refractivity contribution in [2.24, 2.45) is 5.73 Å². The maximum Gasteiger partial charge on any atom is 0.410 e. The Bertz CT molecular complexity index is 569. The number of benzene rings is 1. The van der Waals surface area contributed by atoms with Gasteiger partial charge < -0.3 is 10.5 Å². The second-order valence-electron chi connectivity index (χ2n) is 3.33. The molecule has 82 valence electrons. The Morgan fingerprint density at radius 1 is 1.56 bits per heavy atom. The molecule has 5 heteroatoms. The second kappa shape index (κ2) is 3.98. The Morgan fingerprint density at radius 3 is 3.00 bits per heavy atom. The number of primary amides is 1. The monoisotopic (exact) mass is 236 g/mol. The molecule has 2 N–H and O–H groups in total. The Hall–Kier alpha value is -1.81. The summed E-state index contributed by atoms with van der Waals surface area (Å²) in [5.74, 6) is 0.354. The van der Waals surface area contributed by atoms with Crippen LogP contribution in [0.3, 0.4) is 0 Å². The average Bonchev–Trinajstić information content (AvgIpc) is 2.24. The topological polar surface area (TPSA) is 65.2 Å². The predicted octanol–water partition coefficient (Wildman–Crippen LogP) is 2.65. The minimum absolute atomic E-state index is 0.354. The van der Waals surface area contributed by atoms with Crippen LogP contribution in [0.15, 0.2) is 24.4 Å². The standard InChI is InChI=1S/C11H9ClN2O2/c1-6-5-8(12)7-3-2-4-14-9(7)10(6)16-11(13)15/h2-5H,1H3,(H2,13,15). The van der Waals surface area contributed by atoms with Crippen LogP contribution in [-0.2, 0) is 0 Å². The molecule has 1 aromatic carbocycles.